The van der Waals surface area contributed by atoms with Gasteiger partial charge in [-0.25, -0.2) is 0 Å². The lowest BCUT2D eigenvalue weighted by Crippen LogP contribution is -2.38. The van der Waals surface area contributed by atoms with Crippen LogP contribution in [0.4, 0.5) is 0 Å². The van der Waals surface area contributed by atoms with Crippen molar-refractivity contribution in [1.82, 2.24) is 20.6 Å². The van der Waals surface area contributed by atoms with Gasteiger partial charge in [-0.15, -0.1) is 0 Å². The van der Waals surface area contributed by atoms with Crippen LogP contribution in [0.25, 0.3) is 0 Å². The third-order valence-electron chi connectivity index (χ3n) is 7.31. The molecule has 2 atom stereocenters. The van der Waals surface area contributed by atoms with Gasteiger partial charge >= 0.3 is 0 Å². The summed E-state index contributed by atoms with van der Waals surface area (Å²) in [6.45, 7) is 3.89. The number of nitrogens with one attached hydrogen (secondary N) is 2. The van der Waals surface area contributed by atoms with E-state index >= 15 is 0 Å². The third-order valence-corrected chi connectivity index (χ3v) is 7.82. The van der Waals surface area contributed by atoms with Crippen LogP contribution in [0.15, 0.2) is 85.5 Å². The molecule has 0 radical (unpaired) electrons. The summed E-state index contributed by atoms with van der Waals surface area (Å²) in [4.78, 5) is 20.2. The van der Waals surface area contributed by atoms with Gasteiger partial charge in [0.15, 0.2) is 0 Å². The van der Waals surface area contributed by atoms with Crippen molar-refractivity contribution >= 4 is 29.1 Å². The normalized spacial score (nSPS) is 18.6. The third kappa shape index (κ3) is 9.66. The van der Waals surface area contributed by atoms with Crippen molar-refractivity contribution in [1.29, 1.82) is 0 Å². The van der Waals surface area contributed by atoms with Gasteiger partial charge in [0.05, 0.1) is 24.0 Å². The van der Waals surface area contributed by atoms with E-state index in [-0.39, 0.29) is 11.9 Å². The molecule has 44 heavy (non-hydrogen) atoms. The highest BCUT2D eigenvalue weighted by Gasteiger charge is 2.23. The van der Waals surface area contributed by atoms with E-state index in [2.05, 4.69) is 32.7 Å². The number of nitrogens with zero attached hydrogens (tertiary/aromatic N) is 2. The Balaban J connectivity index is 0.000000151. The van der Waals surface area contributed by atoms with Gasteiger partial charge < -0.3 is 24.8 Å². The molecule has 230 valence electrons. The molecule has 5 heterocycles. The maximum atomic E-state index is 12.1. The van der Waals surface area contributed by atoms with Crippen molar-refractivity contribution in [2.75, 3.05) is 26.4 Å². The van der Waals surface area contributed by atoms with Gasteiger partial charge in [0.25, 0.3) is 5.91 Å². The van der Waals surface area contributed by atoms with Crippen molar-refractivity contribution in [2.45, 2.75) is 44.3 Å². The largest absolute Gasteiger partial charge is 0.490 e. The molecule has 10 heteroatoms. The first-order valence-corrected chi connectivity index (χ1v) is 15.5. The van der Waals surface area contributed by atoms with Gasteiger partial charge in [-0.05, 0) is 73.2 Å². The molecule has 1 fully saturated rings. The lowest BCUT2D eigenvalue weighted by Gasteiger charge is -2.15. The SMILES string of the molecule is C1CCOC1.Clc1ccc(CC2COc3cnccc3CN2)cc1.O=C1NC(Cc2ccc(Cl)cc2)COc2cnccc21. The number of aromatic nitrogens is 2. The van der Waals surface area contributed by atoms with Crippen LogP contribution in [0.2, 0.25) is 10.0 Å². The second-order valence-electron chi connectivity index (χ2n) is 10.7. The summed E-state index contributed by atoms with van der Waals surface area (Å²) in [5, 5.41) is 7.96. The summed E-state index contributed by atoms with van der Waals surface area (Å²) in [7, 11) is 0. The number of amides is 1. The van der Waals surface area contributed by atoms with Crippen LogP contribution in [0, 0.1) is 0 Å². The number of carbonyl (C=O) groups is 1. The summed E-state index contributed by atoms with van der Waals surface area (Å²) in [6, 6.07) is 19.4. The molecule has 3 aliphatic heterocycles. The van der Waals surface area contributed by atoms with Crippen LogP contribution in [0.1, 0.15) is 39.9 Å². The lowest BCUT2D eigenvalue weighted by molar-refractivity contribution is 0.0938. The molecular formula is C34H36Cl2N4O4. The fraction of sp³-hybridized carbons (Fsp3) is 0.324. The maximum absolute atomic E-state index is 12.1. The zero-order valence-electron chi connectivity index (χ0n) is 24.4. The van der Waals surface area contributed by atoms with Gasteiger partial charge in [0, 0.05) is 53.8 Å². The minimum atomic E-state index is -0.126. The summed E-state index contributed by atoms with van der Waals surface area (Å²) < 4.78 is 16.4. The topological polar surface area (TPSA) is 94.6 Å². The average Bonchev–Trinajstić information content (AvgIpc) is 3.53. The van der Waals surface area contributed by atoms with Crippen LogP contribution >= 0.6 is 23.2 Å². The summed E-state index contributed by atoms with van der Waals surface area (Å²) in [6.07, 6.45) is 10.9. The van der Waals surface area contributed by atoms with E-state index in [1.165, 1.54) is 18.4 Å². The van der Waals surface area contributed by atoms with Crippen molar-refractivity contribution in [3.63, 3.8) is 0 Å². The lowest BCUT2D eigenvalue weighted by atomic mass is 10.1. The first-order valence-electron chi connectivity index (χ1n) is 14.8. The molecule has 0 saturated carbocycles. The number of hydrogen-bond donors (Lipinski definition) is 2. The molecule has 0 spiro atoms. The minimum Gasteiger partial charge on any atom is -0.490 e. The van der Waals surface area contributed by atoms with Crippen molar-refractivity contribution in [3.05, 3.63) is 118 Å². The minimum absolute atomic E-state index is 0.0731. The average molecular weight is 636 g/mol. The molecule has 0 aliphatic carbocycles. The van der Waals surface area contributed by atoms with E-state index in [1.54, 1.807) is 30.9 Å². The number of fused-ring (bicyclic) bond motifs is 2. The molecule has 2 aromatic carbocycles. The van der Waals surface area contributed by atoms with E-state index in [0.717, 1.165) is 48.1 Å². The van der Waals surface area contributed by atoms with Crippen LogP contribution in [-0.4, -0.2) is 54.4 Å². The number of benzene rings is 2. The van der Waals surface area contributed by atoms with E-state index in [4.69, 9.17) is 37.4 Å². The van der Waals surface area contributed by atoms with E-state index in [9.17, 15) is 4.79 Å². The second-order valence-corrected chi connectivity index (χ2v) is 11.6. The van der Waals surface area contributed by atoms with Gasteiger partial charge in [-0.2, -0.15) is 0 Å². The molecule has 8 nitrogen and oxygen atoms in total. The fourth-order valence-corrected chi connectivity index (χ4v) is 5.18. The van der Waals surface area contributed by atoms with Gasteiger partial charge in [-0.1, -0.05) is 47.5 Å². The number of carbonyl (C=O) groups excluding carboxylic acids is 1. The Morgan fingerprint density at radius 1 is 0.727 bits per heavy atom. The van der Waals surface area contributed by atoms with Crippen molar-refractivity contribution in [3.8, 4) is 11.5 Å². The molecule has 0 bridgehead atoms. The number of ether oxygens (including phenoxy) is 3. The summed E-state index contributed by atoms with van der Waals surface area (Å²) >= 11 is 11.8. The number of halogens is 2. The standard InChI is InChI=1S/C15H13ClN2O2.C15H15ClN2O.C4H8O/c16-11-3-1-10(2-4-11)7-12-9-20-14-8-17-6-5-13(14)15(19)18-12;16-13-3-1-11(2-4-13)7-14-10-19-15-9-17-6-5-12(15)8-18-14;1-2-4-5-3-1/h1-6,8,12H,7,9H2,(H,18,19);1-6,9,14,18H,7-8,10H2;1-4H2. The van der Waals surface area contributed by atoms with Gasteiger partial charge in [0.2, 0.25) is 0 Å². The molecule has 2 aromatic heterocycles. The Bertz CT molecular complexity index is 1450. The summed E-state index contributed by atoms with van der Waals surface area (Å²) in [5.74, 6) is 1.29. The van der Waals surface area contributed by atoms with E-state index in [0.29, 0.717) is 42.0 Å². The van der Waals surface area contributed by atoms with E-state index in [1.807, 2.05) is 42.5 Å². The highest BCUT2D eigenvalue weighted by molar-refractivity contribution is 6.30. The number of rotatable bonds is 4. The Morgan fingerprint density at radius 3 is 1.93 bits per heavy atom. The molecule has 1 saturated heterocycles. The van der Waals surface area contributed by atoms with Gasteiger partial charge in [-0.3, -0.25) is 14.8 Å². The molecular weight excluding hydrogens is 599 g/mol. The van der Waals surface area contributed by atoms with Crippen LogP contribution in [0.5, 0.6) is 11.5 Å². The fourth-order valence-electron chi connectivity index (χ4n) is 4.93. The number of hydrogen-bond acceptors (Lipinski definition) is 7. The van der Waals surface area contributed by atoms with Crippen LogP contribution < -0.4 is 20.1 Å². The number of pyridine rings is 2. The summed E-state index contributed by atoms with van der Waals surface area (Å²) in [5.41, 5.74) is 4.05. The predicted octanol–water partition coefficient (Wildman–Crippen LogP) is 6.09. The molecule has 2 unspecified atom stereocenters. The Kier molecular flexibility index (Phi) is 11.8. The highest BCUT2D eigenvalue weighted by Crippen LogP contribution is 2.22. The van der Waals surface area contributed by atoms with Crippen molar-refractivity contribution < 1.29 is 19.0 Å². The second kappa shape index (κ2) is 16.4. The monoisotopic (exact) mass is 634 g/mol. The quantitative estimate of drug-likeness (QED) is 0.280. The molecule has 2 N–H and O–H groups in total. The smallest absolute Gasteiger partial charge is 0.255 e. The van der Waals surface area contributed by atoms with Crippen molar-refractivity contribution in [2.24, 2.45) is 0 Å². The molecule has 3 aliphatic rings. The highest BCUT2D eigenvalue weighted by atomic mass is 35.5. The Morgan fingerprint density at radius 2 is 1.30 bits per heavy atom. The maximum Gasteiger partial charge on any atom is 0.255 e. The zero-order valence-corrected chi connectivity index (χ0v) is 25.9. The molecule has 1 amide bonds. The Labute approximate surface area is 268 Å². The first kappa shape index (κ1) is 31.7. The predicted molar refractivity (Wildman–Crippen MR) is 172 cm³/mol. The first-order chi connectivity index (χ1) is 21.5. The van der Waals surface area contributed by atoms with E-state index < -0.39 is 0 Å². The molecule has 4 aromatic rings. The zero-order chi connectivity index (χ0) is 30.6. The van der Waals surface area contributed by atoms with Crippen LogP contribution in [0.3, 0.4) is 0 Å². The molecule has 7 rings (SSSR count). The van der Waals surface area contributed by atoms with Crippen LogP contribution in [-0.2, 0) is 24.1 Å². The Hall–Kier alpha value is -3.69. The van der Waals surface area contributed by atoms with Gasteiger partial charge in [0.1, 0.15) is 24.7 Å².